The van der Waals surface area contributed by atoms with Gasteiger partial charge in [0.2, 0.25) is 0 Å². The molecule has 0 saturated heterocycles. The van der Waals surface area contributed by atoms with Crippen LogP contribution in [0.25, 0.3) is 0 Å². The van der Waals surface area contributed by atoms with E-state index in [2.05, 4.69) is 40.5 Å². The number of amides is 1. The van der Waals surface area contributed by atoms with Crippen LogP contribution >= 0.6 is 0 Å². The number of hydrogen-bond donors (Lipinski definition) is 0. The SMILES string of the molecule is CC(C)c1nnc2n1[C@@H](C)CN(C(=O)c1ccncc1)C2. The lowest BCUT2D eigenvalue weighted by Gasteiger charge is -2.33. The second-order valence-electron chi connectivity index (χ2n) is 5.77. The number of carbonyl (C=O) groups excluding carboxylic acids is 1. The zero-order chi connectivity index (χ0) is 15.0. The van der Waals surface area contributed by atoms with E-state index in [0.29, 0.717) is 24.6 Å². The molecule has 0 saturated carbocycles. The molecule has 6 nitrogen and oxygen atoms in total. The van der Waals surface area contributed by atoms with Crippen LogP contribution in [0.1, 0.15) is 54.7 Å². The highest BCUT2D eigenvalue weighted by Crippen LogP contribution is 2.25. The van der Waals surface area contributed by atoms with Gasteiger partial charge in [0.15, 0.2) is 5.82 Å². The topological polar surface area (TPSA) is 63.9 Å². The fourth-order valence-corrected chi connectivity index (χ4v) is 2.79. The Kier molecular flexibility index (Phi) is 3.45. The summed E-state index contributed by atoms with van der Waals surface area (Å²) in [5, 5.41) is 8.54. The summed E-state index contributed by atoms with van der Waals surface area (Å²) in [6, 6.07) is 3.67. The van der Waals surface area contributed by atoms with Crippen LogP contribution in [0.5, 0.6) is 0 Å². The molecule has 21 heavy (non-hydrogen) atoms. The molecule has 1 amide bonds. The van der Waals surface area contributed by atoms with Crippen LogP contribution in [-0.4, -0.2) is 37.1 Å². The first-order valence-electron chi connectivity index (χ1n) is 7.21. The highest BCUT2D eigenvalue weighted by Gasteiger charge is 2.30. The minimum absolute atomic E-state index is 0.0181. The van der Waals surface area contributed by atoms with Gasteiger partial charge in [-0.1, -0.05) is 13.8 Å². The van der Waals surface area contributed by atoms with E-state index in [-0.39, 0.29) is 11.9 Å². The van der Waals surface area contributed by atoms with Gasteiger partial charge in [-0.25, -0.2) is 0 Å². The summed E-state index contributed by atoms with van der Waals surface area (Å²) in [4.78, 5) is 18.3. The number of pyridine rings is 1. The molecule has 110 valence electrons. The summed E-state index contributed by atoms with van der Waals surface area (Å²) in [5.41, 5.74) is 0.661. The van der Waals surface area contributed by atoms with Crippen molar-refractivity contribution in [3.8, 4) is 0 Å². The van der Waals surface area contributed by atoms with Crippen LogP contribution < -0.4 is 0 Å². The maximum atomic E-state index is 12.5. The Balaban J connectivity index is 1.88. The fraction of sp³-hybridized carbons (Fsp3) is 0.467. The van der Waals surface area contributed by atoms with E-state index in [1.807, 2.05) is 4.90 Å². The number of nitrogens with zero attached hydrogens (tertiary/aromatic N) is 5. The van der Waals surface area contributed by atoms with Gasteiger partial charge < -0.3 is 9.47 Å². The van der Waals surface area contributed by atoms with Crippen molar-refractivity contribution in [1.29, 1.82) is 0 Å². The van der Waals surface area contributed by atoms with Crippen LogP contribution in [0.4, 0.5) is 0 Å². The molecule has 0 fully saturated rings. The first kappa shape index (κ1) is 13.7. The molecule has 0 aromatic carbocycles. The molecule has 0 radical (unpaired) electrons. The van der Waals surface area contributed by atoms with Gasteiger partial charge in [-0.05, 0) is 19.1 Å². The molecule has 0 aliphatic carbocycles. The van der Waals surface area contributed by atoms with E-state index < -0.39 is 0 Å². The Bertz CT molecular complexity index is 649. The van der Waals surface area contributed by atoms with E-state index in [9.17, 15) is 4.79 Å². The minimum atomic E-state index is 0.0181. The Morgan fingerprint density at radius 2 is 2.00 bits per heavy atom. The van der Waals surface area contributed by atoms with Crippen molar-refractivity contribution in [2.75, 3.05) is 6.54 Å². The Hall–Kier alpha value is -2.24. The molecule has 3 heterocycles. The number of rotatable bonds is 2. The lowest BCUT2D eigenvalue weighted by atomic mass is 10.1. The maximum absolute atomic E-state index is 12.5. The molecule has 1 atom stereocenters. The highest BCUT2D eigenvalue weighted by molar-refractivity contribution is 5.94. The first-order chi connectivity index (χ1) is 10.1. The number of carbonyl (C=O) groups is 1. The zero-order valence-electron chi connectivity index (χ0n) is 12.5. The van der Waals surface area contributed by atoms with Crippen LogP contribution in [0.2, 0.25) is 0 Å². The average molecular weight is 285 g/mol. The van der Waals surface area contributed by atoms with Crippen molar-refractivity contribution in [3.63, 3.8) is 0 Å². The Morgan fingerprint density at radius 3 is 2.67 bits per heavy atom. The van der Waals surface area contributed by atoms with Gasteiger partial charge >= 0.3 is 0 Å². The quantitative estimate of drug-likeness (QED) is 0.846. The summed E-state index contributed by atoms with van der Waals surface area (Å²) in [7, 11) is 0. The van der Waals surface area contributed by atoms with Crippen LogP contribution in [0.3, 0.4) is 0 Å². The van der Waals surface area contributed by atoms with E-state index in [1.54, 1.807) is 24.5 Å². The molecule has 0 unspecified atom stereocenters. The molecule has 1 aliphatic heterocycles. The minimum Gasteiger partial charge on any atom is -0.329 e. The predicted molar refractivity (Wildman–Crippen MR) is 77.8 cm³/mol. The molecule has 0 N–H and O–H groups in total. The smallest absolute Gasteiger partial charge is 0.254 e. The van der Waals surface area contributed by atoms with Crippen molar-refractivity contribution in [3.05, 3.63) is 41.7 Å². The summed E-state index contributed by atoms with van der Waals surface area (Å²) >= 11 is 0. The lowest BCUT2D eigenvalue weighted by Crippen LogP contribution is -2.40. The van der Waals surface area contributed by atoms with Gasteiger partial charge in [-0.3, -0.25) is 9.78 Å². The van der Waals surface area contributed by atoms with Crippen LogP contribution in [-0.2, 0) is 6.54 Å². The average Bonchev–Trinajstić information content (AvgIpc) is 2.92. The van der Waals surface area contributed by atoms with E-state index >= 15 is 0 Å². The third-order valence-electron chi connectivity index (χ3n) is 3.78. The molecular formula is C15H19N5O. The lowest BCUT2D eigenvalue weighted by molar-refractivity contribution is 0.0679. The molecule has 6 heteroatoms. The monoisotopic (exact) mass is 285 g/mol. The van der Waals surface area contributed by atoms with Crippen molar-refractivity contribution in [2.24, 2.45) is 0 Å². The zero-order valence-corrected chi connectivity index (χ0v) is 12.5. The van der Waals surface area contributed by atoms with Crippen LogP contribution in [0.15, 0.2) is 24.5 Å². The highest BCUT2D eigenvalue weighted by atomic mass is 16.2. The summed E-state index contributed by atoms with van der Waals surface area (Å²) < 4.78 is 2.17. The largest absolute Gasteiger partial charge is 0.329 e. The van der Waals surface area contributed by atoms with E-state index in [0.717, 1.165) is 11.6 Å². The number of hydrogen-bond acceptors (Lipinski definition) is 4. The second-order valence-corrected chi connectivity index (χ2v) is 5.77. The summed E-state index contributed by atoms with van der Waals surface area (Å²) in [6.07, 6.45) is 3.28. The number of fused-ring (bicyclic) bond motifs is 1. The summed E-state index contributed by atoms with van der Waals surface area (Å²) in [5.74, 6) is 2.20. The fourth-order valence-electron chi connectivity index (χ4n) is 2.79. The predicted octanol–water partition coefficient (Wildman–Crippen LogP) is 2.01. The first-order valence-corrected chi connectivity index (χ1v) is 7.21. The van der Waals surface area contributed by atoms with Crippen molar-refractivity contribution >= 4 is 5.91 Å². The molecule has 1 aliphatic rings. The van der Waals surface area contributed by atoms with E-state index in [1.165, 1.54) is 0 Å². The summed E-state index contributed by atoms with van der Waals surface area (Å²) in [6.45, 7) is 7.50. The van der Waals surface area contributed by atoms with Gasteiger partial charge in [-0.2, -0.15) is 0 Å². The van der Waals surface area contributed by atoms with Gasteiger partial charge in [0.1, 0.15) is 5.82 Å². The molecule has 0 bridgehead atoms. The van der Waals surface area contributed by atoms with Crippen molar-refractivity contribution in [2.45, 2.75) is 39.3 Å². The second kappa shape index (κ2) is 5.27. The van der Waals surface area contributed by atoms with Crippen LogP contribution in [0, 0.1) is 0 Å². The molecule has 0 spiro atoms. The third kappa shape index (κ3) is 2.41. The van der Waals surface area contributed by atoms with Crippen molar-refractivity contribution < 1.29 is 4.79 Å². The molecule has 3 rings (SSSR count). The molecule has 2 aromatic heterocycles. The third-order valence-corrected chi connectivity index (χ3v) is 3.78. The Labute approximate surface area is 123 Å². The number of aromatic nitrogens is 4. The van der Waals surface area contributed by atoms with Gasteiger partial charge in [-0.15, -0.1) is 10.2 Å². The molecule has 2 aromatic rings. The van der Waals surface area contributed by atoms with Gasteiger partial charge in [0.25, 0.3) is 5.91 Å². The normalized spacial score (nSPS) is 17.9. The molecular weight excluding hydrogens is 266 g/mol. The maximum Gasteiger partial charge on any atom is 0.254 e. The van der Waals surface area contributed by atoms with Crippen molar-refractivity contribution in [1.82, 2.24) is 24.6 Å². The van der Waals surface area contributed by atoms with Gasteiger partial charge in [0.05, 0.1) is 12.6 Å². The van der Waals surface area contributed by atoms with E-state index in [4.69, 9.17) is 0 Å². The van der Waals surface area contributed by atoms with Gasteiger partial charge in [0, 0.05) is 30.4 Å². The standard InChI is InChI=1S/C15H19N5O/c1-10(2)14-18-17-13-9-19(8-11(3)20(13)14)15(21)12-4-6-16-7-5-12/h4-7,10-11H,8-9H2,1-3H3/t11-/m0/s1. The Morgan fingerprint density at radius 1 is 1.29 bits per heavy atom.